The molecule has 0 radical (unpaired) electrons. The van der Waals surface area contributed by atoms with E-state index >= 15 is 0 Å². The molecule has 3 fully saturated rings. The van der Waals surface area contributed by atoms with Crippen LogP contribution in [-0.4, -0.2) is 83.3 Å². The van der Waals surface area contributed by atoms with E-state index in [0.717, 1.165) is 16.7 Å². The van der Waals surface area contributed by atoms with Crippen molar-refractivity contribution in [1.29, 1.82) is 0 Å². The van der Waals surface area contributed by atoms with Crippen LogP contribution in [0.3, 0.4) is 0 Å². The molecule has 5 rings (SSSR count). The SMILES string of the molecule is C=CCCC(=O)NC[C@H](C)OC(=O)[C@@H]1[C@H]2C(=O)N([C@@H](CO)Cc3ccccc3)[C@H](C(=O)N(CC=C)c3cc(C)ccc3C)[C@]23CC[C@H]1O3. The first kappa shape index (κ1) is 35.0. The second-order valence-corrected chi connectivity index (χ2v) is 13.2. The molecule has 2 aromatic carbocycles. The van der Waals surface area contributed by atoms with Crippen LogP contribution >= 0.6 is 0 Å². The number of allylic oxidation sites excluding steroid dienone is 1. The van der Waals surface area contributed by atoms with Crippen LogP contribution in [0.1, 0.15) is 49.3 Å². The molecule has 3 amide bonds. The van der Waals surface area contributed by atoms with Crippen molar-refractivity contribution >= 4 is 29.4 Å². The summed E-state index contributed by atoms with van der Waals surface area (Å²) >= 11 is 0. The van der Waals surface area contributed by atoms with E-state index < -0.39 is 53.6 Å². The predicted molar refractivity (Wildman–Crippen MR) is 182 cm³/mol. The second-order valence-electron chi connectivity index (χ2n) is 13.2. The molecule has 0 unspecified atom stereocenters. The smallest absolute Gasteiger partial charge is 0.312 e. The third-order valence-electron chi connectivity index (χ3n) is 9.88. The lowest BCUT2D eigenvalue weighted by molar-refractivity contribution is -0.159. The summed E-state index contributed by atoms with van der Waals surface area (Å²) in [4.78, 5) is 58.8. The number of rotatable bonds is 15. The summed E-state index contributed by atoms with van der Waals surface area (Å²) in [5.74, 6) is -3.43. The molecule has 10 heteroatoms. The molecule has 3 heterocycles. The van der Waals surface area contributed by atoms with Gasteiger partial charge in [-0.1, -0.05) is 54.6 Å². The molecule has 10 nitrogen and oxygen atoms in total. The summed E-state index contributed by atoms with van der Waals surface area (Å²) in [6.07, 6.45) is 4.06. The standard InChI is InChI=1S/C38H47N3O7/c1-6-8-14-31(43)39-22-26(5)47-37(46)32-30-17-18-38(48-30)33(32)35(44)41(28(23-42)21-27-12-10-9-11-13-27)34(38)36(45)40(19-7-2)29-20-24(3)15-16-25(29)4/h6-7,9-13,15-16,20,26,28,30,32-34,42H,1-2,8,14,17-19,21-23H2,3-5H3,(H,39,43)/t26-,28+,30+,32-,33-,34+,38-/m0/s1. The van der Waals surface area contributed by atoms with Crippen molar-refractivity contribution in [2.75, 3.05) is 24.6 Å². The third-order valence-corrected chi connectivity index (χ3v) is 9.88. The fourth-order valence-corrected chi connectivity index (χ4v) is 7.66. The van der Waals surface area contributed by atoms with Gasteiger partial charge in [0.25, 0.3) is 5.91 Å². The first-order valence-electron chi connectivity index (χ1n) is 16.8. The number of hydrogen-bond donors (Lipinski definition) is 2. The van der Waals surface area contributed by atoms with E-state index in [1.165, 1.54) is 4.90 Å². The zero-order valence-electron chi connectivity index (χ0n) is 28.1. The zero-order valence-corrected chi connectivity index (χ0v) is 28.1. The Morgan fingerprint density at radius 3 is 2.60 bits per heavy atom. The summed E-state index contributed by atoms with van der Waals surface area (Å²) < 4.78 is 12.5. The Kier molecular flexibility index (Phi) is 10.9. The molecule has 0 aliphatic carbocycles. The largest absolute Gasteiger partial charge is 0.460 e. The van der Waals surface area contributed by atoms with Crippen molar-refractivity contribution in [3.05, 3.63) is 90.5 Å². The normalized spacial score (nSPS) is 25.2. The number of nitrogens with zero attached hydrogens (tertiary/aromatic N) is 2. The number of anilines is 1. The number of hydrogen-bond acceptors (Lipinski definition) is 7. The minimum absolute atomic E-state index is 0.118. The minimum atomic E-state index is -1.29. The molecule has 2 aromatic rings. The Morgan fingerprint density at radius 1 is 1.17 bits per heavy atom. The molecule has 0 saturated carbocycles. The number of aryl methyl sites for hydroxylation is 2. The molecule has 7 atom stereocenters. The van der Waals surface area contributed by atoms with Crippen LogP contribution in [0.15, 0.2) is 73.8 Å². The lowest BCUT2D eigenvalue weighted by atomic mass is 9.70. The number of likely N-dealkylation sites (tertiary alicyclic amines) is 1. The number of nitrogens with one attached hydrogen (secondary N) is 1. The topological polar surface area (TPSA) is 125 Å². The van der Waals surface area contributed by atoms with Gasteiger partial charge >= 0.3 is 5.97 Å². The van der Waals surface area contributed by atoms with Crippen molar-refractivity contribution < 1.29 is 33.8 Å². The number of aliphatic hydroxyl groups is 1. The maximum Gasteiger partial charge on any atom is 0.312 e. The Bertz CT molecular complexity index is 1540. The maximum atomic E-state index is 15.0. The molecule has 3 saturated heterocycles. The molecule has 2 N–H and O–H groups in total. The van der Waals surface area contributed by atoms with Crippen LogP contribution in [0.4, 0.5) is 5.69 Å². The predicted octanol–water partition coefficient (Wildman–Crippen LogP) is 3.81. The number of carbonyl (C=O) groups is 4. The second kappa shape index (κ2) is 14.9. The van der Waals surface area contributed by atoms with Gasteiger partial charge in [0.15, 0.2) is 0 Å². The van der Waals surface area contributed by atoms with Crippen LogP contribution in [-0.2, 0) is 35.1 Å². The first-order valence-corrected chi connectivity index (χ1v) is 16.8. The van der Waals surface area contributed by atoms with Crippen molar-refractivity contribution in [3.8, 4) is 0 Å². The van der Waals surface area contributed by atoms with Crippen LogP contribution in [0.2, 0.25) is 0 Å². The van der Waals surface area contributed by atoms with Crippen LogP contribution < -0.4 is 10.2 Å². The van der Waals surface area contributed by atoms with E-state index in [1.807, 2.05) is 62.4 Å². The average molecular weight is 658 g/mol. The number of fused-ring (bicyclic) bond motifs is 1. The van der Waals surface area contributed by atoms with Gasteiger partial charge in [-0.05, 0) is 69.2 Å². The van der Waals surface area contributed by atoms with E-state index in [-0.39, 0.29) is 37.9 Å². The van der Waals surface area contributed by atoms with Gasteiger partial charge in [-0.3, -0.25) is 19.2 Å². The molecular weight excluding hydrogens is 610 g/mol. The van der Waals surface area contributed by atoms with Gasteiger partial charge in [-0.25, -0.2) is 0 Å². The van der Waals surface area contributed by atoms with Gasteiger partial charge in [0, 0.05) is 18.7 Å². The Morgan fingerprint density at radius 2 is 1.92 bits per heavy atom. The summed E-state index contributed by atoms with van der Waals surface area (Å²) in [7, 11) is 0. The first-order chi connectivity index (χ1) is 23.1. The number of benzene rings is 2. The van der Waals surface area contributed by atoms with Gasteiger partial charge < -0.3 is 29.7 Å². The Hall–Kier alpha value is -4.28. The minimum Gasteiger partial charge on any atom is -0.460 e. The molecule has 48 heavy (non-hydrogen) atoms. The van der Waals surface area contributed by atoms with E-state index in [4.69, 9.17) is 9.47 Å². The van der Waals surface area contributed by atoms with Crippen LogP contribution in [0.25, 0.3) is 0 Å². The number of carbonyl (C=O) groups excluding carboxylic acids is 4. The monoisotopic (exact) mass is 657 g/mol. The van der Waals surface area contributed by atoms with Crippen molar-refractivity contribution in [2.24, 2.45) is 11.8 Å². The van der Waals surface area contributed by atoms with Gasteiger partial charge in [0.05, 0.1) is 37.1 Å². The molecule has 256 valence electrons. The third kappa shape index (κ3) is 6.69. The summed E-state index contributed by atoms with van der Waals surface area (Å²) in [6.45, 7) is 13.0. The van der Waals surface area contributed by atoms with E-state index in [0.29, 0.717) is 31.4 Å². The molecule has 3 aliphatic rings. The van der Waals surface area contributed by atoms with Crippen molar-refractivity contribution in [2.45, 2.75) is 82.8 Å². The molecule has 0 aromatic heterocycles. The van der Waals surface area contributed by atoms with Gasteiger partial charge in [0.1, 0.15) is 17.7 Å². The maximum absolute atomic E-state index is 15.0. The van der Waals surface area contributed by atoms with Crippen molar-refractivity contribution in [3.63, 3.8) is 0 Å². The highest BCUT2D eigenvalue weighted by molar-refractivity contribution is 6.05. The zero-order chi connectivity index (χ0) is 34.6. The fraction of sp³-hybridized carbons (Fsp3) is 0.474. The molecule has 2 bridgehead atoms. The van der Waals surface area contributed by atoms with Crippen molar-refractivity contribution in [1.82, 2.24) is 10.2 Å². The summed E-state index contributed by atoms with van der Waals surface area (Å²) in [6, 6.07) is 13.5. The van der Waals surface area contributed by atoms with Gasteiger partial charge in [-0.2, -0.15) is 0 Å². The van der Waals surface area contributed by atoms with Gasteiger partial charge in [0.2, 0.25) is 11.8 Å². The van der Waals surface area contributed by atoms with Gasteiger partial charge in [-0.15, -0.1) is 13.2 Å². The van der Waals surface area contributed by atoms with Crippen LogP contribution in [0, 0.1) is 25.7 Å². The quantitative estimate of drug-likeness (QED) is 0.221. The summed E-state index contributed by atoms with van der Waals surface area (Å²) in [5.41, 5.74) is 2.16. The van der Waals surface area contributed by atoms with E-state index in [1.54, 1.807) is 24.0 Å². The molecular formula is C38H47N3O7. The number of aliphatic hydroxyl groups excluding tert-OH is 1. The molecule has 3 aliphatic heterocycles. The number of esters is 1. The number of amides is 3. The van der Waals surface area contributed by atoms with E-state index in [9.17, 15) is 24.3 Å². The lowest BCUT2D eigenvalue weighted by Crippen LogP contribution is -2.59. The highest BCUT2D eigenvalue weighted by Gasteiger charge is 2.75. The number of ether oxygens (including phenoxy) is 2. The van der Waals surface area contributed by atoms with Crippen LogP contribution in [0.5, 0.6) is 0 Å². The highest BCUT2D eigenvalue weighted by atomic mass is 16.6. The summed E-state index contributed by atoms with van der Waals surface area (Å²) in [5, 5.41) is 13.5. The Labute approximate surface area is 282 Å². The lowest BCUT2D eigenvalue weighted by Gasteiger charge is -2.39. The van der Waals surface area contributed by atoms with E-state index in [2.05, 4.69) is 18.5 Å². The highest BCUT2D eigenvalue weighted by Crippen LogP contribution is 2.59. The Balaban J connectivity index is 1.50. The molecule has 1 spiro atoms. The fourth-order valence-electron chi connectivity index (χ4n) is 7.66. The average Bonchev–Trinajstić information content (AvgIpc) is 3.73.